The van der Waals surface area contributed by atoms with Crippen LogP contribution >= 0.6 is 0 Å². The fourth-order valence-electron chi connectivity index (χ4n) is 3.94. The number of carbonyl (C=O) groups is 2. The van der Waals surface area contributed by atoms with Gasteiger partial charge in [0.25, 0.3) is 0 Å². The number of benzene rings is 2. The van der Waals surface area contributed by atoms with Crippen LogP contribution in [0.5, 0.6) is 5.75 Å². The molecule has 1 fully saturated rings. The van der Waals surface area contributed by atoms with Gasteiger partial charge >= 0.3 is 12.1 Å². The van der Waals surface area contributed by atoms with Crippen LogP contribution in [-0.4, -0.2) is 60.8 Å². The van der Waals surface area contributed by atoms with E-state index < -0.39 is 11.6 Å². The quantitative estimate of drug-likeness (QED) is 0.495. The van der Waals surface area contributed by atoms with Crippen molar-refractivity contribution in [3.8, 4) is 5.75 Å². The highest BCUT2D eigenvalue weighted by Crippen LogP contribution is 2.31. The minimum atomic E-state index is -0.541. The number of pyridine rings is 1. The molecule has 1 saturated heterocycles. The normalized spacial score (nSPS) is 14.1. The second kappa shape index (κ2) is 10.2. The molecule has 0 bridgehead atoms. The van der Waals surface area contributed by atoms with Crippen LogP contribution < -0.4 is 9.64 Å². The zero-order valence-corrected chi connectivity index (χ0v) is 20.6. The summed E-state index contributed by atoms with van der Waals surface area (Å²) in [5.41, 5.74) is 2.29. The highest BCUT2D eigenvalue weighted by Gasteiger charge is 2.27. The van der Waals surface area contributed by atoms with Crippen LogP contribution in [0.4, 0.5) is 10.5 Å². The van der Waals surface area contributed by atoms with Crippen LogP contribution in [0.25, 0.3) is 10.9 Å². The van der Waals surface area contributed by atoms with Crippen molar-refractivity contribution >= 4 is 28.7 Å². The molecule has 0 unspecified atom stereocenters. The first-order valence-corrected chi connectivity index (χ1v) is 11.7. The number of nitrogens with zero attached hydrogens (tertiary/aromatic N) is 3. The van der Waals surface area contributed by atoms with Gasteiger partial charge in [-0.2, -0.15) is 0 Å². The predicted octanol–water partition coefficient (Wildman–Crippen LogP) is 4.66. The number of esters is 1. The van der Waals surface area contributed by atoms with Crippen molar-refractivity contribution < 1.29 is 23.8 Å². The summed E-state index contributed by atoms with van der Waals surface area (Å²) >= 11 is 0. The van der Waals surface area contributed by atoms with Crippen LogP contribution in [0.1, 0.15) is 36.8 Å². The molecule has 1 aliphatic rings. The molecular weight excluding hydrogens is 446 g/mol. The number of carbonyl (C=O) groups excluding carboxylic acids is 2. The summed E-state index contributed by atoms with van der Waals surface area (Å²) in [4.78, 5) is 33.1. The minimum Gasteiger partial charge on any atom is -0.489 e. The summed E-state index contributed by atoms with van der Waals surface area (Å²) in [5.74, 6) is 0.215. The van der Waals surface area contributed by atoms with Gasteiger partial charge in [-0.25, -0.2) is 14.6 Å². The van der Waals surface area contributed by atoms with Gasteiger partial charge in [-0.3, -0.25) is 0 Å². The number of anilines is 1. The van der Waals surface area contributed by atoms with E-state index in [0.717, 1.165) is 16.6 Å². The lowest BCUT2D eigenvalue weighted by Gasteiger charge is -2.37. The van der Waals surface area contributed by atoms with E-state index >= 15 is 0 Å². The molecule has 2 heterocycles. The zero-order chi connectivity index (χ0) is 25.0. The standard InChI is InChI=1S/C27H31N3O5/c1-27(2,3)35-26(32)30-14-12-29(13-15-30)24-17-23(25(31)33-4)28-22-11-10-20(16-21(22)24)34-18-19-8-6-5-7-9-19/h5-11,16-17H,12-15,18H2,1-4H3. The van der Waals surface area contributed by atoms with Crippen LogP contribution in [0.2, 0.25) is 0 Å². The molecule has 2 aromatic carbocycles. The highest BCUT2D eigenvalue weighted by molar-refractivity contribution is 5.98. The molecule has 8 nitrogen and oxygen atoms in total. The van der Waals surface area contributed by atoms with Gasteiger partial charge in [0.1, 0.15) is 18.0 Å². The van der Waals surface area contributed by atoms with Crippen LogP contribution in [0, 0.1) is 0 Å². The van der Waals surface area contributed by atoms with Crippen molar-refractivity contribution in [2.45, 2.75) is 33.0 Å². The summed E-state index contributed by atoms with van der Waals surface area (Å²) in [6.45, 7) is 8.22. The molecule has 1 amide bonds. The lowest BCUT2D eigenvalue weighted by atomic mass is 10.1. The van der Waals surface area contributed by atoms with Gasteiger partial charge in [0.2, 0.25) is 0 Å². The molecule has 0 atom stereocenters. The maximum absolute atomic E-state index is 12.5. The maximum Gasteiger partial charge on any atom is 0.410 e. The number of amides is 1. The van der Waals surface area contributed by atoms with Crippen molar-refractivity contribution in [3.63, 3.8) is 0 Å². The van der Waals surface area contributed by atoms with Gasteiger partial charge in [0.15, 0.2) is 5.69 Å². The Kier molecular flexibility index (Phi) is 7.10. The topological polar surface area (TPSA) is 81.2 Å². The number of ether oxygens (including phenoxy) is 3. The zero-order valence-electron chi connectivity index (χ0n) is 20.6. The monoisotopic (exact) mass is 477 g/mol. The molecule has 35 heavy (non-hydrogen) atoms. The molecule has 0 aliphatic carbocycles. The fourth-order valence-corrected chi connectivity index (χ4v) is 3.94. The van der Waals surface area contributed by atoms with Crippen LogP contribution in [0.15, 0.2) is 54.6 Å². The Morgan fingerprint density at radius 1 is 0.971 bits per heavy atom. The maximum atomic E-state index is 12.5. The van der Waals surface area contributed by atoms with Crippen molar-refractivity contribution in [2.75, 3.05) is 38.2 Å². The van der Waals surface area contributed by atoms with E-state index in [9.17, 15) is 9.59 Å². The second-order valence-corrected chi connectivity index (χ2v) is 9.43. The summed E-state index contributed by atoms with van der Waals surface area (Å²) in [5, 5.41) is 0.869. The van der Waals surface area contributed by atoms with Gasteiger partial charge in [-0.1, -0.05) is 30.3 Å². The van der Waals surface area contributed by atoms with Gasteiger partial charge in [0.05, 0.1) is 12.6 Å². The summed E-state index contributed by atoms with van der Waals surface area (Å²) in [6, 6.07) is 17.4. The third-order valence-electron chi connectivity index (χ3n) is 5.67. The van der Waals surface area contributed by atoms with E-state index in [0.29, 0.717) is 44.1 Å². The number of hydrogen-bond donors (Lipinski definition) is 0. The largest absolute Gasteiger partial charge is 0.489 e. The molecule has 184 valence electrons. The Labute approximate surface area is 205 Å². The number of piperazine rings is 1. The first kappa shape index (κ1) is 24.3. The van der Waals surface area contributed by atoms with E-state index in [-0.39, 0.29) is 11.8 Å². The Morgan fingerprint density at radius 3 is 2.34 bits per heavy atom. The lowest BCUT2D eigenvalue weighted by molar-refractivity contribution is 0.0240. The number of aromatic nitrogens is 1. The van der Waals surface area contributed by atoms with E-state index in [1.165, 1.54) is 7.11 Å². The van der Waals surface area contributed by atoms with E-state index in [2.05, 4.69) is 9.88 Å². The molecule has 0 radical (unpaired) electrons. The summed E-state index contributed by atoms with van der Waals surface area (Å²) in [6.07, 6.45) is -0.316. The Morgan fingerprint density at radius 2 is 1.69 bits per heavy atom. The number of rotatable bonds is 5. The third-order valence-corrected chi connectivity index (χ3v) is 5.67. The van der Waals surface area contributed by atoms with E-state index in [4.69, 9.17) is 14.2 Å². The number of fused-ring (bicyclic) bond motifs is 1. The highest BCUT2D eigenvalue weighted by atomic mass is 16.6. The van der Waals surface area contributed by atoms with Crippen LogP contribution in [-0.2, 0) is 16.1 Å². The Bertz CT molecular complexity index is 1200. The van der Waals surface area contributed by atoms with Gasteiger partial charge < -0.3 is 24.0 Å². The fraction of sp³-hybridized carbons (Fsp3) is 0.370. The smallest absolute Gasteiger partial charge is 0.410 e. The lowest BCUT2D eigenvalue weighted by Crippen LogP contribution is -2.50. The van der Waals surface area contributed by atoms with E-state index in [1.54, 1.807) is 11.0 Å². The molecule has 0 saturated carbocycles. The van der Waals surface area contributed by atoms with Crippen molar-refractivity contribution in [1.82, 2.24) is 9.88 Å². The second-order valence-electron chi connectivity index (χ2n) is 9.43. The Balaban J connectivity index is 1.59. The molecule has 4 rings (SSSR count). The van der Waals surface area contributed by atoms with Crippen molar-refractivity contribution in [1.29, 1.82) is 0 Å². The molecule has 1 aromatic heterocycles. The average Bonchev–Trinajstić information content (AvgIpc) is 2.86. The first-order chi connectivity index (χ1) is 16.7. The molecular formula is C27H31N3O5. The molecule has 1 aliphatic heterocycles. The summed E-state index contributed by atoms with van der Waals surface area (Å²) < 4.78 is 16.5. The average molecular weight is 478 g/mol. The SMILES string of the molecule is COC(=O)c1cc(N2CCN(C(=O)OC(C)(C)C)CC2)c2cc(OCc3ccccc3)ccc2n1. The molecule has 0 spiro atoms. The minimum absolute atomic E-state index is 0.238. The molecule has 3 aromatic rings. The third kappa shape index (κ3) is 6.01. The predicted molar refractivity (Wildman–Crippen MR) is 134 cm³/mol. The van der Waals surface area contributed by atoms with Gasteiger partial charge in [0, 0.05) is 37.3 Å². The van der Waals surface area contributed by atoms with Crippen molar-refractivity contribution in [2.24, 2.45) is 0 Å². The van der Waals surface area contributed by atoms with Crippen LogP contribution in [0.3, 0.4) is 0 Å². The first-order valence-electron chi connectivity index (χ1n) is 11.7. The van der Waals surface area contributed by atoms with E-state index in [1.807, 2.05) is 69.3 Å². The van der Waals surface area contributed by atoms with Gasteiger partial charge in [-0.15, -0.1) is 0 Å². The molecule has 8 heteroatoms. The van der Waals surface area contributed by atoms with Gasteiger partial charge in [-0.05, 0) is 50.6 Å². The van der Waals surface area contributed by atoms with Crippen molar-refractivity contribution in [3.05, 3.63) is 65.9 Å². The summed E-state index contributed by atoms with van der Waals surface area (Å²) in [7, 11) is 1.34. The number of methoxy groups -OCH3 is 1. The Hall–Kier alpha value is -3.81. The molecule has 0 N–H and O–H groups in total. The number of hydrogen-bond acceptors (Lipinski definition) is 7.